The second-order valence-corrected chi connectivity index (χ2v) is 5.23. The molecule has 18 heavy (non-hydrogen) atoms. The zero-order valence-electron chi connectivity index (χ0n) is 11.1. The first kappa shape index (κ1) is 13.5. The second kappa shape index (κ2) is 5.80. The highest BCUT2D eigenvalue weighted by Crippen LogP contribution is 2.24. The number of likely N-dealkylation sites (tertiary alicyclic amines) is 1. The van der Waals surface area contributed by atoms with Crippen LogP contribution in [0.15, 0.2) is 0 Å². The molecule has 2 fully saturated rings. The minimum Gasteiger partial charge on any atom is -0.376 e. The largest absolute Gasteiger partial charge is 0.376 e. The lowest BCUT2D eigenvalue weighted by molar-refractivity contribution is -0.141. The van der Waals surface area contributed by atoms with Crippen LogP contribution in [0.4, 0.5) is 0 Å². The SMILES string of the molecule is CC1C(=O)N(CCOC2CCNCC2)C(=O)C1C. The first-order valence-corrected chi connectivity index (χ1v) is 6.79. The molecule has 2 rings (SSSR count). The highest BCUT2D eigenvalue weighted by atomic mass is 16.5. The van der Waals surface area contributed by atoms with Crippen molar-refractivity contribution in [2.45, 2.75) is 32.8 Å². The number of ether oxygens (including phenoxy) is 1. The lowest BCUT2D eigenvalue weighted by Gasteiger charge is -2.24. The number of hydrogen-bond acceptors (Lipinski definition) is 4. The van der Waals surface area contributed by atoms with Gasteiger partial charge in [0.05, 0.1) is 19.3 Å². The number of rotatable bonds is 4. The Bertz CT molecular complexity index is 306. The van der Waals surface area contributed by atoms with Gasteiger partial charge in [-0.2, -0.15) is 0 Å². The zero-order chi connectivity index (χ0) is 13.1. The molecule has 1 N–H and O–H groups in total. The summed E-state index contributed by atoms with van der Waals surface area (Å²) in [5.41, 5.74) is 0. The number of nitrogens with zero attached hydrogens (tertiary/aromatic N) is 1. The number of imide groups is 1. The molecule has 0 saturated carbocycles. The van der Waals surface area contributed by atoms with Gasteiger partial charge in [-0.3, -0.25) is 14.5 Å². The molecule has 2 atom stereocenters. The smallest absolute Gasteiger partial charge is 0.232 e. The summed E-state index contributed by atoms with van der Waals surface area (Å²) in [6.45, 7) is 6.47. The maximum Gasteiger partial charge on any atom is 0.232 e. The zero-order valence-corrected chi connectivity index (χ0v) is 11.1. The van der Waals surface area contributed by atoms with E-state index in [0.29, 0.717) is 13.2 Å². The van der Waals surface area contributed by atoms with Crippen LogP contribution >= 0.6 is 0 Å². The van der Waals surface area contributed by atoms with Gasteiger partial charge in [0.2, 0.25) is 11.8 Å². The van der Waals surface area contributed by atoms with E-state index in [1.165, 1.54) is 4.90 Å². The van der Waals surface area contributed by atoms with Crippen LogP contribution in [0.2, 0.25) is 0 Å². The summed E-state index contributed by atoms with van der Waals surface area (Å²) in [7, 11) is 0. The van der Waals surface area contributed by atoms with E-state index in [0.717, 1.165) is 25.9 Å². The molecule has 0 spiro atoms. The Morgan fingerprint density at radius 1 is 1.17 bits per heavy atom. The maximum absolute atomic E-state index is 11.8. The highest BCUT2D eigenvalue weighted by molar-refractivity contribution is 6.04. The number of carbonyl (C=O) groups is 2. The third kappa shape index (κ3) is 2.72. The fourth-order valence-electron chi connectivity index (χ4n) is 2.52. The Balaban J connectivity index is 1.76. The van der Waals surface area contributed by atoms with Gasteiger partial charge in [-0.1, -0.05) is 13.8 Å². The Morgan fingerprint density at radius 2 is 1.72 bits per heavy atom. The average molecular weight is 254 g/mol. The van der Waals surface area contributed by atoms with E-state index >= 15 is 0 Å². The molecular formula is C13H22N2O3. The van der Waals surface area contributed by atoms with Gasteiger partial charge in [0.25, 0.3) is 0 Å². The highest BCUT2D eigenvalue weighted by Gasteiger charge is 2.41. The van der Waals surface area contributed by atoms with E-state index in [1.54, 1.807) is 0 Å². The summed E-state index contributed by atoms with van der Waals surface area (Å²) in [6, 6.07) is 0. The van der Waals surface area contributed by atoms with E-state index in [9.17, 15) is 9.59 Å². The van der Waals surface area contributed by atoms with Gasteiger partial charge in [-0.25, -0.2) is 0 Å². The van der Waals surface area contributed by atoms with Crippen LogP contribution in [-0.4, -0.2) is 49.1 Å². The van der Waals surface area contributed by atoms with Crippen LogP contribution < -0.4 is 5.32 Å². The van der Waals surface area contributed by atoms with Crippen molar-refractivity contribution in [1.29, 1.82) is 0 Å². The molecule has 0 aromatic rings. The molecule has 0 aromatic heterocycles. The van der Waals surface area contributed by atoms with Gasteiger partial charge in [0.15, 0.2) is 0 Å². The van der Waals surface area contributed by atoms with Crippen LogP contribution in [-0.2, 0) is 14.3 Å². The summed E-state index contributed by atoms with van der Waals surface area (Å²) in [5, 5.41) is 3.27. The van der Waals surface area contributed by atoms with Crippen LogP contribution in [0.3, 0.4) is 0 Å². The second-order valence-electron chi connectivity index (χ2n) is 5.23. The minimum atomic E-state index is -0.184. The molecule has 0 radical (unpaired) electrons. The molecule has 2 saturated heterocycles. The lowest BCUT2D eigenvalue weighted by atomic mass is 10.00. The number of hydrogen-bond donors (Lipinski definition) is 1. The molecule has 0 bridgehead atoms. The van der Waals surface area contributed by atoms with Crippen molar-refractivity contribution in [3.63, 3.8) is 0 Å². The lowest BCUT2D eigenvalue weighted by Crippen LogP contribution is -2.37. The number of amides is 2. The summed E-state index contributed by atoms with van der Waals surface area (Å²) >= 11 is 0. The molecule has 5 nitrogen and oxygen atoms in total. The predicted molar refractivity (Wildman–Crippen MR) is 66.9 cm³/mol. The fourth-order valence-corrected chi connectivity index (χ4v) is 2.52. The van der Waals surface area contributed by atoms with Gasteiger partial charge in [-0.05, 0) is 25.9 Å². The summed E-state index contributed by atoms with van der Waals surface area (Å²) in [5.74, 6) is -0.476. The number of piperidine rings is 1. The van der Waals surface area contributed by atoms with E-state index in [2.05, 4.69) is 5.32 Å². The standard InChI is InChI=1S/C13H22N2O3/c1-9-10(2)13(17)15(12(9)16)7-8-18-11-3-5-14-6-4-11/h9-11,14H,3-8H2,1-2H3. The number of carbonyl (C=O) groups excluding carboxylic acids is 2. The number of nitrogens with one attached hydrogen (secondary N) is 1. The van der Waals surface area contributed by atoms with Crippen LogP contribution in [0.5, 0.6) is 0 Å². The van der Waals surface area contributed by atoms with Gasteiger partial charge in [-0.15, -0.1) is 0 Å². The first-order chi connectivity index (χ1) is 8.61. The topological polar surface area (TPSA) is 58.6 Å². The predicted octanol–water partition coefficient (Wildman–Crippen LogP) is 0.396. The van der Waals surface area contributed by atoms with Crippen LogP contribution in [0.25, 0.3) is 0 Å². The van der Waals surface area contributed by atoms with E-state index in [-0.39, 0.29) is 29.8 Å². The molecule has 2 unspecified atom stereocenters. The summed E-state index contributed by atoms with van der Waals surface area (Å²) in [6.07, 6.45) is 2.29. The average Bonchev–Trinajstić information content (AvgIpc) is 2.57. The van der Waals surface area contributed by atoms with Gasteiger partial charge < -0.3 is 10.1 Å². The van der Waals surface area contributed by atoms with Crippen molar-refractivity contribution < 1.29 is 14.3 Å². The van der Waals surface area contributed by atoms with Crippen molar-refractivity contribution in [3.05, 3.63) is 0 Å². The van der Waals surface area contributed by atoms with Gasteiger partial charge >= 0.3 is 0 Å². The van der Waals surface area contributed by atoms with Crippen molar-refractivity contribution in [2.75, 3.05) is 26.2 Å². The Hall–Kier alpha value is -0.940. The molecule has 0 aliphatic carbocycles. The van der Waals surface area contributed by atoms with Crippen LogP contribution in [0.1, 0.15) is 26.7 Å². The van der Waals surface area contributed by atoms with E-state index in [4.69, 9.17) is 4.74 Å². The Kier molecular flexibility index (Phi) is 4.35. The van der Waals surface area contributed by atoms with Crippen LogP contribution in [0, 0.1) is 11.8 Å². The first-order valence-electron chi connectivity index (χ1n) is 6.79. The summed E-state index contributed by atoms with van der Waals surface area (Å²) < 4.78 is 5.73. The quantitative estimate of drug-likeness (QED) is 0.738. The molecule has 5 heteroatoms. The van der Waals surface area contributed by atoms with E-state index < -0.39 is 0 Å². The molecular weight excluding hydrogens is 232 g/mol. The third-order valence-electron chi connectivity index (χ3n) is 4.02. The fraction of sp³-hybridized carbons (Fsp3) is 0.846. The van der Waals surface area contributed by atoms with Gasteiger partial charge in [0.1, 0.15) is 0 Å². The van der Waals surface area contributed by atoms with Crippen molar-refractivity contribution >= 4 is 11.8 Å². The minimum absolute atomic E-state index is 0.0542. The molecule has 102 valence electrons. The third-order valence-corrected chi connectivity index (χ3v) is 4.02. The molecule has 2 amide bonds. The van der Waals surface area contributed by atoms with Crippen molar-refractivity contribution in [3.8, 4) is 0 Å². The van der Waals surface area contributed by atoms with E-state index in [1.807, 2.05) is 13.8 Å². The summed E-state index contributed by atoms with van der Waals surface area (Å²) in [4.78, 5) is 25.1. The Labute approximate surface area is 108 Å². The van der Waals surface area contributed by atoms with Gasteiger partial charge in [0, 0.05) is 11.8 Å². The molecule has 0 aromatic carbocycles. The van der Waals surface area contributed by atoms with Crippen molar-refractivity contribution in [1.82, 2.24) is 10.2 Å². The Morgan fingerprint density at radius 3 is 2.28 bits per heavy atom. The molecule has 2 aliphatic rings. The maximum atomic E-state index is 11.8. The molecule has 2 heterocycles. The normalized spacial score (nSPS) is 30.2. The monoisotopic (exact) mass is 254 g/mol. The van der Waals surface area contributed by atoms with Crippen molar-refractivity contribution in [2.24, 2.45) is 11.8 Å². The molecule has 2 aliphatic heterocycles.